The third-order valence-corrected chi connectivity index (χ3v) is 4.10. The van der Waals surface area contributed by atoms with Crippen LogP contribution in [0.2, 0.25) is 0 Å². The molecule has 0 fully saturated rings. The lowest BCUT2D eigenvalue weighted by molar-refractivity contribution is -0.110. The molecule has 0 aliphatic carbocycles. The molecule has 1 aromatic carbocycles. The maximum absolute atomic E-state index is 10.5. The first-order chi connectivity index (χ1) is 9.51. The van der Waals surface area contributed by atoms with E-state index in [9.17, 15) is 5.11 Å². The topological polar surface area (TPSA) is 47.3 Å². The molecule has 0 spiro atoms. The molecule has 1 heterocycles. The Kier molecular flexibility index (Phi) is 4.45. The summed E-state index contributed by atoms with van der Waals surface area (Å²) in [6.07, 6.45) is 0.712. The Morgan fingerprint density at radius 3 is 2.70 bits per heavy atom. The molecule has 0 saturated heterocycles. The fraction of sp³-hybridized carbons (Fsp3) is 0.562. The number of para-hydroxylation sites is 1. The minimum Gasteiger partial charge on any atom is -0.390 e. The van der Waals surface area contributed by atoms with E-state index in [4.69, 9.17) is 4.74 Å². The molecule has 2 unspecified atom stereocenters. The average molecular weight is 276 g/mol. The second-order valence-electron chi connectivity index (χ2n) is 5.41. The first kappa shape index (κ1) is 15.0. The molecular weight excluding hydrogens is 252 g/mol. The highest BCUT2D eigenvalue weighted by molar-refractivity contribution is 5.81. The van der Waals surface area contributed by atoms with Gasteiger partial charge >= 0.3 is 0 Å². The van der Waals surface area contributed by atoms with E-state index in [0.717, 1.165) is 23.0 Å². The minimum absolute atomic E-state index is 0.506. The summed E-state index contributed by atoms with van der Waals surface area (Å²) in [5.74, 6) is 0. The van der Waals surface area contributed by atoms with E-state index in [-0.39, 0.29) is 0 Å². The van der Waals surface area contributed by atoms with Crippen molar-refractivity contribution in [1.29, 1.82) is 0 Å². The Balaban J connectivity index is 2.28. The summed E-state index contributed by atoms with van der Waals surface area (Å²) in [4.78, 5) is 0. The van der Waals surface area contributed by atoms with Crippen LogP contribution in [0.25, 0.3) is 10.9 Å². The van der Waals surface area contributed by atoms with Crippen LogP contribution in [0, 0.1) is 0 Å². The summed E-state index contributed by atoms with van der Waals surface area (Å²) in [7, 11) is 1.93. The molecule has 2 aromatic rings. The molecule has 0 saturated carbocycles. The van der Waals surface area contributed by atoms with Gasteiger partial charge in [0.15, 0.2) is 0 Å². The quantitative estimate of drug-likeness (QED) is 0.882. The molecule has 1 aromatic heterocycles. The third kappa shape index (κ3) is 2.72. The molecule has 0 aliphatic heterocycles. The Labute approximate surface area is 120 Å². The number of hydrogen-bond acceptors (Lipinski definition) is 3. The fourth-order valence-corrected chi connectivity index (χ4v) is 2.60. The van der Waals surface area contributed by atoms with Gasteiger partial charge in [-0.15, -0.1) is 0 Å². The van der Waals surface area contributed by atoms with Gasteiger partial charge in [0.25, 0.3) is 0 Å². The molecule has 20 heavy (non-hydrogen) atoms. The predicted molar refractivity (Wildman–Crippen MR) is 80.7 cm³/mol. The standard InChI is InChI=1S/C16H24N2O2/c1-5-16(3,20-6-2)15(19)11-13-12-9-7-8-10-14(12)18(4)17-13/h7-10,15,19H,5-6,11H2,1-4H3. The van der Waals surface area contributed by atoms with Crippen molar-refractivity contribution in [2.45, 2.75) is 45.3 Å². The van der Waals surface area contributed by atoms with Crippen molar-refractivity contribution in [2.75, 3.05) is 6.61 Å². The van der Waals surface area contributed by atoms with Gasteiger partial charge in [-0.2, -0.15) is 5.10 Å². The van der Waals surface area contributed by atoms with Crippen molar-refractivity contribution in [3.63, 3.8) is 0 Å². The number of fused-ring (bicyclic) bond motifs is 1. The molecule has 1 N–H and O–H groups in total. The van der Waals surface area contributed by atoms with Gasteiger partial charge in [-0.25, -0.2) is 0 Å². The number of hydrogen-bond donors (Lipinski definition) is 1. The Hall–Kier alpha value is -1.39. The van der Waals surface area contributed by atoms with Gasteiger partial charge in [-0.05, 0) is 26.3 Å². The van der Waals surface area contributed by atoms with Crippen LogP contribution in [0.3, 0.4) is 0 Å². The van der Waals surface area contributed by atoms with E-state index in [1.54, 1.807) is 0 Å². The monoisotopic (exact) mass is 276 g/mol. The maximum Gasteiger partial charge on any atom is 0.0913 e. The molecule has 2 rings (SSSR count). The average Bonchev–Trinajstić information content (AvgIpc) is 2.76. The van der Waals surface area contributed by atoms with Crippen LogP contribution in [0.5, 0.6) is 0 Å². The number of ether oxygens (including phenoxy) is 1. The fourth-order valence-electron chi connectivity index (χ4n) is 2.60. The Morgan fingerprint density at radius 1 is 1.35 bits per heavy atom. The van der Waals surface area contributed by atoms with E-state index in [2.05, 4.69) is 5.10 Å². The molecular formula is C16H24N2O2. The number of benzene rings is 1. The number of aromatic nitrogens is 2. The molecule has 110 valence electrons. The van der Waals surface area contributed by atoms with Crippen molar-refractivity contribution in [1.82, 2.24) is 9.78 Å². The molecule has 2 atom stereocenters. The van der Waals surface area contributed by atoms with E-state index in [1.165, 1.54) is 0 Å². The summed E-state index contributed by atoms with van der Waals surface area (Å²) in [5.41, 5.74) is 1.49. The molecule has 0 amide bonds. The smallest absolute Gasteiger partial charge is 0.0913 e. The second-order valence-corrected chi connectivity index (χ2v) is 5.41. The molecule has 4 nitrogen and oxygen atoms in total. The maximum atomic E-state index is 10.5. The van der Waals surface area contributed by atoms with Gasteiger partial charge in [0.1, 0.15) is 0 Å². The lowest BCUT2D eigenvalue weighted by Gasteiger charge is -2.33. The van der Waals surface area contributed by atoms with Crippen LogP contribution < -0.4 is 0 Å². The summed E-state index contributed by atoms with van der Waals surface area (Å²) < 4.78 is 7.61. The van der Waals surface area contributed by atoms with E-state index in [1.807, 2.05) is 56.8 Å². The second kappa shape index (κ2) is 5.94. The number of aliphatic hydroxyl groups is 1. The lowest BCUT2D eigenvalue weighted by atomic mass is 9.91. The summed E-state index contributed by atoms with van der Waals surface area (Å²) in [6, 6.07) is 8.09. The predicted octanol–water partition coefficient (Wildman–Crippen LogP) is 2.68. The van der Waals surface area contributed by atoms with E-state index < -0.39 is 11.7 Å². The Morgan fingerprint density at radius 2 is 2.05 bits per heavy atom. The number of aryl methyl sites for hydroxylation is 1. The Bertz CT molecular complexity index is 579. The van der Waals surface area contributed by atoms with Crippen molar-refractivity contribution >= 4 is 10.9 Å². The summed E-state index contributed by atoms with van der Waals surface area (Å²) >= 11 is 0. The highest BCUT2D eigenvalue weighted by Gasteiger charge is 2.32. The number of nitrogens with zero attached hydrogens (tertiary/aromatic N) is 2. The third-order valence-electron chi connectivity index (χ3n) is 4.10. The number of aliphatic hydroxyl groups excluding tert-OH is 1. The van der Waals surface area contributed by atoms with Crippen LogP contribution in [0.15, 0.2) is 24.3 Å². The highest BCUT2D eigenvalue weighted by Crippen LogP contribution is 2.25. The summed E-state index contributed by atoms with van der Waals surface area (Å²) in [6.45, 7) is 6.56. The van der Waals surface area contributed by atoms with Crippen molar-refractivity contribution < 1.29 is 9.84 Å². The zero-order valence-corrected chi connectivity index (χ0v) is 12.8. The van der Waals surface area contributed by atoms with Crippen molar-refractivity contribution in [2.24, 2.45) is 7.05 Å². The van der Waals surface area contributed by atoms with Crippen LogP contribution >= 0.6 is 0 Å². The largest absolute Gasteiger partial charge is 0.390 e. The van der Waals surface area contributed by atoms with Gasteiger partial charge in [0.05, 0.1) is 22.9 Å². The van der Waals surface area contributed by atoms with Crippen LogP contribution in [-0.2, 0) is 18.2 Å². The SMILES string of the molecule is CCOC(C)(CC)C(O)Cc1nn(C)c2ccccc12. The van der Waals surface area contributed by atoms with Gasteiger partial charge in [0.2, 0.25) is 0 Å². The molecule has 0 bridgehead atoms. The molecule has 0 aliphatic rings. The normalized spacial score (nSPS) is 16.2. The summed E-state index contributed by atoms with van der Waals surface area (Å²) in [5, 5.41) is 16.2. The zero-order valence-electron chi connectivity index (χ0n) is 12.8. The molecule has 0 radical (unpaired) electrons. The van der Waals surface area contributed by atoms with E-state index >= 15 is 0 Å². The van der Waals surface area contributed by atoms with Gasteiger partial charge in [-0.1, -0.05) is 25.1 Å². The minimum atomic E-state index is -0.564. The highest BCUT2D eigenvalue weighted by atomic mass is 16.5. The van der Waals surface area contributed by atoms with Crippen molar-refractivity contribution in [3.8, 4) is 0 Å². The first-order valence-electron chi connectivity index (χ1n) is 7.24. The van der Waals surface area contributed by atoms with Gasteiger partial charge in [-0.3, -0.25) is 4.68 Å². The zero-order chi connectivity index (χ0) is 14.8. The van der Waals surface area contributed by atoms with Gasteiger partial charge < -0.3 is 9.84 Å². The van der Waals surface area contributed by atoms with E-state index in [0.29, 0.717) is 13.0 Å². The van der Waals surface area contributed by atoms with Crippen LogP contribution in [0.1, 0.15) is 32.9 Å². The van der Waals surface area contributed by atoms with Crippen LogP contribution in [-0.4, -0.2) is 33.2 Å². The van der Waals surface area contributed by atoms with Crippen LogP contribution in [0.4, 0.5) is 0 Å². The first-order valence-corrected chi connectivity index (χ1v) is 7.24. The lowest BCUT2D eigenvalue weighted by Crippen LogP contribution is -2.43. The molecule has 4 heteroatoms. The van der Waals surface area contributed by atoms with Gasteiger partial charge in [0, 0.05) is 25.5 Å². The number of rotatable bonds is 6. The van der Waals surface area contributed by atoms with Crippen molar-refractivity contribution in [3.05, 3.63) is 30.0 Å².